The lowest BCUT2D eigenvalue weighted by Crippen LogP contribution is -2.01. The van der Waals surface area contributed by atoms with E-state index in [-0.39, 0.29) is 12.0 Å². The van der Waals surface area contributed by atoms with Crippen LogP contribution >= 0.6 is 0 Å². The molecule has 0 aliphatic carbocycles. The minimum atomic E-state index is -0.971. The third-order valence-electron chi connectivity index (χ3n) is 6.84. The van der Waals surface area contributed by atoms with Crippen molar-refractivity contribution < 1.29 is 24.5 Å². The van der Waals surface area contributed by atoms with E-state index in [2.05, 4.69) is 36.4 Å². The second-order valence-corrected chi connectivity index (χ2v) is 9.64. The first-order chi connectivity index (χ1) is 18.5. The Kier molecular flexibility index (Phi) is 9.57. The molecule has 4 rings (SSSR count). The minimum absolute atomic E-state index is 0.0513. The number of hydrogen-bond donors (Lipinski definition) is 2. The fourth-order valence-corrected chi connectivity index (χ4v) is 4.86. The van der Waals surface area contributed by atoms with E-state index >= 15 is 0 Å². The zero-order valence-electron chi connectivity index (χ0n) is 21.6. The number of rotatable bonds is 15. The molecule has 1 heterocycles. The Morgan fingerprint density at radius 2 is 1.50 bits per heavy atom. The topological polar surface area (TPSA) is 88.8 Å². The summed E-state index contributed by atoms with van der Waals surface area (Å²) in [6.45, 7) is 1.17. The van der Waals surface area contributed by atoms with E-state index < -0.39 is 11.9 Å². The number of unbranched alkanes of at least 4 members (excludes halogenated alkanes) is 2. The molecule has 4 aromatic rings. The second kappa shape index (κ2) is 13.5. The number of aromatic carboxylic acids is 1. The van der Waals surface area contributed by atoms with Gasteiger partial charge in [0, 0.05) is 30.1 Å². The molecule has 38 heavy (non-hydrogen) atoms. The number of aromatic nitrogens is 1. The van der Waals surface area contributed by atoms with E-state index in [1.165, 1.54) is 5.56 Å². The molecule has 6 heteroatoms. The monoisotopic (exact) mass is 513 g/mol. The first-order valence-electron chi connectivity index (χ1n) is 13.3. The SMILES string of the molecule is O=C(O)CCCn1cc(C(=O)O)c2c(CCc3ccc(OCCCCCc4ccccc4)cc3)cccc21. The van der Waals surface area contributed by atoms with Gasteiger partial charge in [0.05, 0.1) is 12.2 Å². The Morgan fingerprint density at radius 3 is 2.24 bits per heavy atom. The van der Waals surface area contributed by atoms with Crippen molar-refractivity contribution in [2.24, 2.45) is 0 Å². The van der Waals surface area contributed by atoms with Gasteiger partial charge in [0.25, 0.3) is 0 Å². The number of aliphatic carboxylic acids is 1. The molecule has 198 valence electrons. The van der Waals surface area contributed by atoms with E-state index in [1.807, 2.05) is 41.0 Å². The summed E-state index contributed by atoms with van der Waals surface area (Å²) in [5, 5.41) is 19.5. The molecule has 2 N–H and O–H groups in total. The Morgan fingerprint density at radius 1 is 0.737 bits per heavy atom. The van der Waals surface area contributed by atoms with E-state index in [4.69, 9.17) is 9.84 Å². The summed E-state index contributed by atoms with van der Waals surface area (Å²) < 4.78 is 7.78. The molecule has 3 aromatic carbocycles. The fourth-order valence-electron chi connectivity index (χ4n) is 4.86. The Hall–Kier alpha value is -4.06. The molecule has 1 aromatic heterocycles. The summed E-state index contributed by atoms with van der Waals surface area (Å²) in [6.07, 6.45) is 8.05. The van der Waals surface area contributed by atoms with Crippen LogP contribution in [-0.4, -0.2) is 33.3 Å². The van der Waals surface area contributed by atoms with Crippen molar-refractivity contribution in [3.63, 3.8) is 0 Å². The zero-order valence-corrected chi connectivity index (χ0v) is 21.6. The van der Waals surface area contributed by atoms with Crippen LogP contribution in [0.2, 0.25) is 0 Å². The summed E-state index contributed by atoms with van der Waals surface area (Å²) in [7, 11) is 0. The standard InChI is InChI=1S/C32H35NO5/c34-30(35)14-8-21-33-23-28(32(36)37)31-26(12-7-13-29(31)33)18-15-25-16-19-27(20-17-25)38-22-6-2-5-11-24-9-3-1-4-10-24/h1,3-4,7,9-10,12-13,16-17,19-20,23H,2,5-6,8,11,14-15,18,21-22H2,(H,34,35)(H,36,37). The van der Waals surface area contributed by atoms with E-state index in [0.29, 0.717) is 26.0 Å². The zero-order chi connectivity index (χ0) is 26.7. The number of carboxylic acid groups (broad SMARTS) is 2. The Balaban J connectivity index is 1.29. The molecule has 0 unspecified atom stereocenters. The molecular weight excluding hydrogens is 478 g/mol. The van der Waals surface area contributed by atoms with Gasteiger partial charge >= 0.3 is 11.9 Å². The van der Waals surface area contributed by atoms with Crippen molar-refractivity contribution >= 4 is 22.8 Å². The van der Waals surface area contributed by atoms with E-state index in [9.17, 15) is 14.7 Å². The summed E-state index contributed by atoms with van der Waals surface area (Å²) in [5.74, 6) is -0.956. The maximum atomic E-state index is 12.0. The van der Waals surface area contributed by atoms with Crippen LogP contribution < -0.4 is 4.74 Å². The normalized spacial score (nSPS) is 11.1. The molecule has 0 fully saturated rings. The van der Waals surface area contributed by atoms with Crippen molar-refractivity contribution in [1.82, 2.24) is 4.57 Å². The third kappa shape index (κ3) is 7.48. The first-order valence-corrected chi connectivity index (χ1v) is 13.3. The third-order valence-corrected chi connectivity index (χ3v) is 6.84. The smallest absolute Gasteiger partial charge is 0.337 e. The Labute approximate surface area is 223 Å². The summed E-state index contributed by atoms with van der Waals surface area (Å²) in [4.78, 5) is 22.8. The van der Waals surface area contributed by atoms with Crippen LogP contribution in [-0.2, 0) is 30.6 Å². The van der Waals surface area contributed by atoms with Gasteiger partial charge in [-0.3, -0.25) is 4.79 Å². The van der Waals surface area contributed by atoms with Gasteiger partial charge in [-0.2, -0.15) is 0 Å². The fraction of sp³-hybridized carbons (Fsp3) is 0.312. The number of aryl methyl sites for hydroxylation is 4. The van der Waals surface area contributed by atoms with Gasteiger partial charge in [-0.1, -0.05) is 54.6 Å². The quantitative estimate of drug-likeness (QED) is 0.171. The number of fused-ring (bicyclic) bond motifs is 1. The molecule has 0 atom stereocenters. The molecule has 0 saturated carbocycles. The Bertz CT molecular complexity index is 1340. The number of hydrogen-bond acceptors (Lipinski definition) is 3. The van der Waals surface area contributed by atoms with Crippen LogP contribution in [0.4, 0.5) is 0 Å². The largest absolute Gasteiger partial charge is 0.494 e. The summed E-state index contributed by atoms with van der Waals surface area (Å²) in [6, 6.07) is 24.5. The molecule has 0 saturated heterocycles. The lowest BCUT2D eigenvalue weighted by Gasteiger charge is -2.09. The lowest BCUT2D eigenvalue weighted by molar-refractivity contribution is -0.137. The maximum Gasteiger partial charge on any atom is 0.337 e. The van der Waals surface area contributed by atoms with Crippen molar-refractivity contribution in [3.05, 3.63) is 101 Å². The number of ether oxygens (including phenoxy) is 1. The molecule has 0 radical (unpaired) electrons. The van der Waals surface area contributed by atoms with Crippen molar-refractivity contribution in [3.8, 4) is 5.75 Å². The van der Waals surface area contributed by atoms with E-state index in [1.54, 1.807) is 6.20 Å². The predicted octanol–water partition coefficient (Wildman–Crippen LogP) is 6.78. The number of carboxylic acids is 2. The highest BCUT2D eigenvalue weighted by Gasteiger charge is 2.17. The average Bonchev–Trinajstić information content (AvgIpc) is 3.30. The van der Waals surface area contributed by atoms with Crippen LogP contribution in [0.5, 0.6) is 5.75 Å². The molecule has 0 aliphatic rings. The number of benzene rings is 3. The van der Waals surface area contributed by atoms with Gasteiger partial charge in [0.2, 0.25) is 0 Å². The highest BCUT2D eigenvalue weighted by molar-refractivity contribution is 6.05. The summed E-state index contributed by atoms with van der Waals surface area (Å²) >= 11 is 0. The van der Waals surface area contributed by atoms with Gasteiger partial charge in [-0.25, -0.2) is 4.79 Å². The highest BCUT2D eigenvalue weighted by atomic mass is 16.5. The maximum absolute atomic E-state index is 12.0. The van der Waals surface area contributed by atoms with Crippen LogP contribution in [0.25, 0.3) is 10.9 Å². The average molecular weight is 514 g/mol. The van der Waals surface area contributed by atoms with Gasteiger partial charge < -0.3 is 19.5 Å². The predicted molar refractivity (Wildman–Crippen MR) is 149 cm³/mol. The molecule has 0 aliphatic heterocycles. The summed E-state index contributed by atoms with van der Waals surface area (Å²) in [5.41, 5.74) is 4.62. The van der Waals surface area contributed by atoms with Gasteiger partial charge in [0.15, 0.2) is 0 Å². The highest BCUT2D eigenvalue weighted by Crippen LogP contribution is 2.27. The number of carbonyl (C=O) groups is 2. The molecule has 6 nitrogen and oxygen atoms in total. The van der Waals surface area contributed by atoms with Crippen LogP contribution in [0.15, 0.2) is 79.0 Å². The van der Waals surface area contributed by atoms with Gasteiger partial charge in [0.1, 0.15) is 5.75 Å². The number of nitrogens with zero attached hydrogens (tertiary/aromatic N) is 1. The van der Waals surface area contributed by atoms with Gasteiger partial charge in [-0.05, 0) is 79.8 Å². The first kappa shape index (κ1) is 27.0. The molecule has 0 amide bonds. The lowest BCUT2D eigenvalue weighted by atomic mass is 9.99. The van der Waals surface area contributed by atoms with Crippen LogP contribution in [0.1, 0.15) is 59.2 Å². The molecule has 0 bridgehead atoms. The molecular formula is C32H35NO5. The molecule has 0 spiro atoms. The van der Waals surface area contributed by atoms with Crippen molar-refractivity contribution in [2.75, 3.05) is 6.61 Å². The van der Waals surface area contributed by atoms with Crippen LogP contribution in [0.3, 0.4) is 0 Å². The van der Waals surface area contributed by atoms with E-state index in [0.717, 1.165) is 59.9 Å². The van der Waals surface area contributed by atoms with Crippen molar-refractivity contribution in [1.29, 1.82) is 0 Å². The van der Waals surface area contributed by atoms with Crippen LogP contribution in [0, 0.1) is 0 Å². The van der Waals surface area contributed by atoms with Crippen molar-refractivity contribution in [2.45, 2.75) is 57.9 Å². The van der Waals surface area contributed by atoms with Gasteiger partial charge in [-0.15, -0.1) is 0 Å². The second-order valence-electron chi connectivity index (χ2n) is 9.64. The minimum Gasteiger partial charge on any atom is -0.494 e.